The van der Waals surface area contributed by atoms with E-state index in [4.69, 9.17) is 11.6 Å². The molecule has 5 nitrogen and oxygen atoms in total. The standard InChI is InChI=1S/C16H18ClN3O2/c17-11-3-1-2-10(8-11)15-14(9-18-20-15)16(22)19-12-4-6-13(21)7-5-12/h1-3,8-9,12-13,21H,4-7H2,(H,18,20)(H,19,22). The van der Waals surface area contributed by atoms with Crippen molar-refractivity contribution in [3.05, 3.63) is 41.0 Å². The predicted molar refractivity (Wildman–Crippen MR) is 84.8 cm³/mol. The Kier molecular flexibility index (Phi) is 4.45. The molecule has 1 aliphatic carbocycles. The summed E-state index contributed by atoms with van der Waals surface area (Å²) in [6.07, 6.45) is 4.37. The minimum atomic E-state index is -0.232. The van der Waals surface area contributed by atoms with E-state index in [0.29, 0.717) is 16.3 Å². The second-order valence-corrected chi connectivity index (χ2v) is 6.08. The normalized spacial score (nSPS) is 21.5. The van der Waals surface area contributed by atoms with Gasteiger partial charge >= 0.3 is 0 Å². The number of nitrogens with zero attached hydrogens (tertiary/aromatic N) is 1. The van der Waals surface area contributed by atoms with E-state index in [0.717, 1.165) is 31.2 Å². The summed E-state index contributed by atoms with van der Waals surface area (Å²) in [4.78, 5) is 12.5. The molecule has 0 unspecified atom stereocenters. The third-order valence-corrected chi connectivity index (χ3v) is 4.26. The molecule has 0 bridgehead atoms. The van der Waals surface area contributed by atoms with E-state index < -0.39 is 0 Å². The second kappa shape index (κ2) is 6.50. The SMILES string of the molecule is O=C(NC1CCC(O)CC1)c1cn[nH]c1-c1cccc(Cl)c1. The van der Waals surface area contributed by atoms with Crippen molar-refractivity contribution in [3.63, 3.8) is 0 Å². The molecule has 3 N–H and O–H groups in total. The lowest BCUT2D eigenvalue weighted by molar-refractivity contribution is 0.0868. The number of benzene rings is 1. The number of rotatable bonds is 3. The number of aromatic amines is 1. The Balaban J connectivity index is 1.75. The largest absolute Gasteiger partial charge is 0.393 e. The Labute approximate surface area is 133 Å². The summed E-state index contributed by atoms with van der Waals surface area (Å²) in [7, 11) is 0. The average molecular weight is 320 g/mol. The first-order valence-corrected chi connectivity index (χ1v) is 7.79. The number of nitrogens with one attached hydrogen (secondary N) is 2. The van der Waals surface area contributed by atoms with Crippen LogP contribution in [0.15, 0.2) is 30.5 Å². The van der Waals surface area contributed by atoms with Gasteiger partial charge in [0, 0.05) is 16.6 Å². The zero-order chi connectivity index (χ0) is 15.5. The summed E-state index contributed by atoms with van der Waals surface area (Å²) in [5.41, 5.74) is 2.00. The number of hydrogen-bond acceptors (Lipinski definition) is 3. The fraction of sp³-hybridized carbons (Fsp3) is 0.375. The highest BCUT2D eigenvalue weighted by molar-refractivity contribution is 6.30. The van der Waals surface area contributed by atoms with E-state index in [9.17, 15) is 9.90 Å². The van der Waals surface area contributed by atoms with Gasteiger partial charge in [-0.25, -0.2) is 0 Å². The molecule has 116 valence electrons. The van der Waals surface area contributed by atoms with Gasteiger partial charge in [-0.1, -0.05) is 23.7 Å². The lowest BCUT2D eigenvalue weighted by Crippen LogP contribution is -2.38. The van der Waals surface area contributed by atoms with Crippen LogP contribution in [-0.4, -0.2) is 33.4 Å². The Bertz CT molecular complexity index is 663. The van der Waals surface area contributed by atoms with Crippen LogP contribution in [0.4, 0.5) is 0 Å². The van der Waals surface area contributed by atoms with Crippen LogP contribution in [0.25, 0.3) is 11.3 Å². The number of aliphatic hydroxyl groups excluding tert-OH is 1. The van der Waals surface area contributed by atoms with Crippen LogP contribution >= 0.6 is 11.6 Å². The van der Waals surface area contributed by atoms with Crippen LogP contribution in [-0.2, 0) is 0 Å². The van der Waals surface area contributed by atoms with E-state index in [2.05, 4.69) is 15.5 Å². The Morgan fingerprint density at radius 3 is 2.82 bits per heavy atom. The second-order valence-electron chi connectivity index (χ2n) is 5.65. The Morgan fingerprint density at radius 1 is 1.32 bits per heavy atom. The minimum absolute atomic E-state index is 0.109. The van der Waals surface area contributed by atoms with Gasteiger partial charge in [-0.3, -0.25) is 9.89 Å². The lowest BCUT2D eigenvalue weighted by atomic mass is 9.93. The van der Waals surface area contributed by atoms with Crippen LogP contribution in [0.2, 0.25) is 5.02 Å². The van der Waals surface area contributed by atoms with Gasteiger partial charge in [0.05, 0.1) is 23.6 Å². The third kappa shape index (κ3) is 3.31. The molecule has 1 saturated carbocycles. The first-order chi connectivity index (χ1) is 10.6. The van der Waals surface area contributed by atoms with E-state index in [1.54, 1.807) is 12.1 Å². The molecule has 1 amide bonds. The first-order valence-electron chi connectivity index (χ1n) is 7.41. The Hall–Kier alpha value is -1.85. The fourth-order valence-corrected chi connectivity index (χ4v) is 3.00. The van der Waals surface area contributed by atoms with Crippen molar-refractivity contribution in [2.75, 3.05) is 0 Å². The quantitative estimate of drug-likeness (QED) is 0.814. The number of carbonyl (C=O) groups excluding carboxylic acids is 1. The molecule has 1 heterocycles. The van der Waals surface area contributed by atoms with Gasteiger partial charge in [-0.2, -0.15) is 5.10 Å². The highest BCUT2D eigenvalue weighted by atomic mass is 35.5. The molecule has 0 radical (unpaired) electrons. The third-order valence-electron chi connectivity index (χ3n) is 4.03. The smallest absolute Gasteiger partial charge is 0.255 e. The number of H-pyrrole nitrogens is 1. The number of amides is 1. The topological polar surface area (TPSA) is 78.0 Å². The molecule has 0 saturated heterocycles. The molecule has 1 aliphatic rings. The van der Waals surface area contributed by atoms with Crippen molar-refractivity contribution in [2.45, 2.75) is 37.8 Å². The van der Waals surface area contributed by atoms with Gasteiger partial charge in [0.1, 0.15) is 0 Å². The van der Waals surface area contributed by atoms with Crippen molar-refractivity contribution in [3.8, 4) is 11.3 Å². The maximum Gasteiger partial charge on any atom is 0.255 e. The van der Waals surface area contributed by atoms with Gasteiger partial charge in [-0.15, -0.1) is 0 Å². The summed E-state index contributed by atoms with van der Waals surface area (Å²) in [5, 5.41) is 20.0. The molecule has 1 aromatic heterocycles. The number of aliphatic hydroxyl groups is 1. The van der Waals surface area contributed by atoms with Crippen molar-refractivity contribution in [1.82, 2.24) is 15.5 Å². The molecule has 0 atom stereocenters. The zero-order valence-corrected chi connectivity index (χ0v) is 12.8. The number of carbonyl (C=O) groups is 1. The van der Waals surface area contributed by atoms with E-state index in [1.807, 2.05) is 12.1 Å². The fourth-order valence-electron chi connectivity index (χ4n) is 2.81. The molecule has 1 aromatic carbocycles. The van der Waals surface area contributed by atoms with Crippen molar-refractivity contribution in [1.29, 1.82) is 0 Å². The Morgan fingerprint density at radius 2 is 2.09 bits per heavy atom. The van der Waals surface area contributed by atoms with Crippen LogP contribution < -0.4 is 5.32 Å². The van der Waals surface area contributed by atoms with Gasteiger partial charge in [-0.05, 0) is 37.8 Å². The monoisotopic (exact) mass is 319 g/mol. The highest BCUT2D eigenvalue weighted by Crippen LogP contribution is 2.25. The lowest BCUT2D eigenvalue weighted by Gasteiger charge is -2.26. The zero-order valence-electron chi connectivity index (χ0n) is 12.1. The molecule has 3 rings (SSSR count). The summed E-state index contributed by atoms with van der Waals surface area (Å²) < 4.78 is 0. The van der Waals surface area contributed by atoms with Gasteiger partial charge in [0.15, 0.2) is 0 Å². The van der Waals surface area contributed by atoms with E-state index in [-0.39, 0.29) is 18.1 Å². The highest BCUT2D eigenvalue weighted by Gasteiger charge is 2.23. The molecule has 22 heavy (non-hydrogen) atoms. The van der Waals surface area contributed by atoms with Crippen LogP contribution in [0.3, 0.4) is 0 Å². The maximum absolute atomic E-state index is 12.5. The van der Waals surface area contributed by atoms with Crippen LogP contribution in [0, 0.1) is 0 Å². The summed E-state index contributed by atoms with van der Waals surface area (Å²) in [5.74, 6) is -0.148. The van der Waals surface area contributed by atoms with Crippen molar-refractivity contribution in [2.24, 2.45) is 0 Å². The van der Waals surface area contributed by atoms with Crippen molar-refractivity contribution >= 4 is 17.5 Å². The molecule has 6 heteroatoms. The first kappa shape index (κ1) is 15.1. The van der Waals surface area contributed by atoms with E-state index in [1.165, 1.54) is 6.20 Å². The van der Waals surface area contributed by atoms with Crippen LogP contribution in [0.1, 0.15) is 36.0 Å². The average Bonchev–Trinajstić information content (AvgIpc) is 2.99. The number of halogens is 1. The van der Waals surface area contributed by atoms with E-state index >= 15 is 0 Å². The molecule has 0 aliphatic heterocycles. The molecular weight excluding hydrogens is 302 g/mol. The maximum atomic E-state index is 12.5. The van der Waals surface area contributed by atoms with Crippen LogP contribution in [0.5, 0.6) is 0 Å². The summed E-state index contributed by atoms with van der Waals surface area (Å²) >= 11 is 6.00. The molecule has 1 fully saturated rings. The summed E-state index contributed by atoms with van der Waals surface area (Å²) in [6, 6.07) is 7.41. The molecule has 2 aromatic rings. The minimum Gasteiger partial charge on any atom is -0.393 e. The molecular formula is C16H18ClN3O2. The van der Waals surface area contributed by atoms with Crippen molar-refractivity contribution < 1.29 is 9.90 Å². The summed E-state index contributed by atoms with van der Waals surface area (Å²) in [6.45, 7) is 0. The number of hydrogen-bond donors (Lipinski definition) is 3. The van der Waals surface area contributed by atoms with Gasteiger partial charge in [0.25, 0.3) is 5.91 Å². The number of aromatic nitrogens is 2. The predicted octanol–water partition coefficient (Wildman–Crippen LogP) is 2.76. The van der Waals surface area contributed by atoms with Gasteiger partial charge < -0.3 is 10.4 Å². The van der Waals surface area contributed by atoms with Gasteiger partial charge in [0.2, 0.25) is 0 Å². The molecule has 0 spiro atoms.